The molecule has 0 heterocycles. The molecular weight excluding hydrogens is 176 g/mol. The van der Waals surface area contributed by atoms with E-state index in [-0.39, 0.29) is 18.8 Å². The van der Waals surface area contributed by atoms with E-state index < -0.39 is 6.43 Å². The molecule has 0 saturated heterocycles. The molecule has 13 heavy (non-hydrogen) atoms. The first-order valence-electron chi connectivity index (χ1n) is 3.96. The van der Waals surface area contributed by atoms with Crippen molar-refractivity contribution in [3.05, 3.63) is 29.8 Å². The van der Waals surface area contributed by atoms with E-state index in [4.69, 9.17) is 0 Å². The SMILES string of the molecule is Oc1ccccc1CNCC(F)F. The van der Waals surface area contributed by atoms with Gasteiger partial charge in [-0.2, -0.15) is 0 Å². The first-order valence-corrected chi connectivity index (χ1v) is 3.96. The normalized spacial score (nSPS) is 10.7. The molecule has 1 aromatic rings. The molecule has 0 aliphatic rings. The predicted molar refractivity (Wildman–Crippen MR) is 45.8 cm³/mol. The zero-order valence-electron chi connectivity index (χ0n) is 7.00. The minimum Gasteiger partial charge on any atom is -0.508 e. The van der Waals surface area contributed by atoms with Gasteiger partial charge in [0.2, 0.25) is 0 Å². The van der Waals surface area contributed by atoms with Crippen LogP contribution in [0.4, 0.5) is 8.78 Å². The number of hydrogen-bond acceptors (Lipinski definition) is 2. The highest BCUT2D eigenvalue weighted by atomic mass is 19.3. The van der Waals surface area contributed by atoms with E-state index >= 15 is 0 Å². The van der Waals surface area contributed by atoms with Gasteiger partial charge in [-0.15, -0.1) is 0 Å². The van der Waals surface area contributed by atoms with E-state index in [0.717, 1.165) is 0 Å². The van der Waals surface area contributed by atoms with Crippen LogP contribution >= 0.6 is 0 Å². The maximum absolute atomic E-state index is 11.7. The Morgan fingerprint density at radius 3 is 2.62 bits per heavy atom. The van der Waals surface area contributed by atoms with Gasteiger partial charge in [-0.1, -0.05) is 18.2 Å². The predicted octanol–water partition coefficient (Wildman–Crippen LogP) is 1.75. The summed E-state index contributed by atoms with van der Waals surface area (Å²) in [6, 6.07) is 6.65. The third-order valence-corrected chi connectivity index (χ3v) is 1.61. The smallest absolute Gasteiger partial charge is 0.250 e. The van der Waals surface area contributed by atoms with Crippen molar-refractivity contribution in [1.82, 2.24) is 5.32 Å². The van der Waals surface area contributed by atoms with Gasteiger partial charge in [0.1, 0.15) is 5.75 Å². The number of benzene rings is 1. The fourth-order valence-corrected chi connectivity index (χ4v) is 0.976. The maximum atomic E-state index is 11.7. The Morgan fingerprint density at radius 2 is 2.00 bits per heavy atom. The first-order chi connectivity index (χ1) is 6.20. The van der Waals surface area contributed by atoms with E-state index in [2.05, 4.69) is 5.32 Å². The van der Waals surface area contributed by atoms with Gasteiger partial charge in [-0.25, -0.2) is 8.78 Å². The van der Waals surface area contributed by atoms with Crippen LogP contribution in [-0.2, 0) is 6.54 Å². The van der Waals surface area contributed by atoms with Crippen molar-refractivity contribution in [2.24, 2.45) is 0 Å². The van der Waals surface area contributed by atoms with Crippen molar-refractivity contribution in [1.29, 1.82) is 0 Å². The largest absolute Gasteiger partial charge is 0.508 e. The lowest BCUT2D eigenvalue weighted by Gasteiger charge is -2.05. The minimum absolute atomic E-state index is 0.129. The minimum atomic E-state index is -2.36. The van der Waals surface area contributed by atoms with Gasteiger partial charge in [0.05, 0.1) is 6.54 Å². The Morgan fingerprint density at radius 1 is 1.31 bits per heavy atom. The molecule has 0 aliphatic heterocycles. The average Bonchev–Trinajstić information content (AvgIpc) is 2.08. The van der Waals surface area contributed by atoms with Gasteiger partial charge in [-0.3, -0.25) is 0 Å². The third kappa shape index (κ3) is 3.38. The fraction of sp³-hybridized carbons (Fsp3) is 0.333. The summed E-state index contributed by atoms with van der Waals surface area (Å²) in [7, 11) is 0. The zero-order chi connectivity index (χ0) is 9.68. The second kappa shape index (κ2) is 4.77. The van der Waals surface area contributed by atoms with Crippen LogP contribution in [0.5, 0.6) is 5.75 Å². The number of nitrogens with one attached hydrogen (secondary N) is 1. The van der Waals surface area contributed by atoms with Crippen LogP contribution in [0, 0.1) is 0 Å². The number of rotatable bonds is 4. The summed E-state index contributed by atoms with van der Waals surface area (Å²) < 4.78 is 23.4. The van der Waals surface area contributed by atoms with E-state index in [1.54, 1.807) is 18.2 Å². The zero-order valence-corrected chi connectivity index (χ0v) is 7.00. The van der Waals surface area contributed by atoms with Crippen molar-refractivity contribution >= 4 is 0 Å². The van der Waals surface area contributed by atoms with Crippen LogP contribution in [0.25, 0.3) is 0 Å². The van der Waals surface area contributed by atoms with Gasteiger partial charge >= 0.3 is 0 Å². The summed E-state index contributed by atoms with van der Waals surface area (Å²) in [6.45, 7) is -0.0919. The molecule has 1 rings (SSSR count). The number of para-hydroxylation sites is 1. The Balaban J connectivity index is 2.41. The second-order valence-corrected chi connectivity index (χ2v) is 2.65. The Kier molecular flexibility index (Phi) is 3.64. The molecule has 0 unspecified atom stereocenters. The molecule has 1 aromatic carbocycles. The molecule has 0 radical (unpaired) electrons. The Labute approximate surface area is 75.2 Å². The molecule has 72 valence electrons. The lowest BCUT2D eigenvalue weighted by atomic mass is 10.2. The number of phenols is 1. The lowest BCUT2D eigenvalue weighted by molar-refractivity contribution is 0.145. The van der Waals surface area contributed by atoms with Gasteiger partial charge in [0.25, 0.3) is 6.43 Å². The maximum Gasteiger partial charge on any atom is 0.250 e. The summed E-state index contributed by atoms with van der Waals surface area (Å²) in [5, 5.41) is 11.8. The lowest BCUT2D eigenvalue weighted by Crippen LogP contribution is -2.20. The van der Waals surface area contributed by atoms with Crippen LogP contribution in [0.15, 0.2) is 24.3 Å². The van der Waals surface area contributed by atoms with Crippen LogP contribution in [0.3, 0.4) is 0 Å². The molecule has 0 amide bonds. The number of alkyl halides is 2. The highest BCUT2D eigenvalue weighted by Crippen LogP contribution is 2.14. The number of hydrogen-bond donors (Lipinski definition) is 2. The van der Waals surface area contributed by atoms with Gasteiger partial charge in [-0.05, 0) is 6.07 Å². The first kappa shape index (κ1) is 9.92. The topological polar surface area (TPSA) is 32.3 Å². The number of halogens is 2. The van der Waals surface area contributed by atoms with Gasteiger partial charge < -0.3 is 10.4 Å². The van der Waals surface area contributed by atoms with E-state index in [9.17, 15) is 13.9 Å². The van der Waals surface area contributed by atoms with Gasteiger partial charge in [0.15, 0.2) is 0 Å². The van der Waals surface area contributed by atoms with Gasteiger partial charge in [0, 0.05) is 12.1 Å². The molecule has 0 aliphatic carbocycles. The molecule has 0 bridgehead atoms. The van der Waals surface area contributed by atoms with Crippen molar-refractivity contribution in [3.8, 4) is 5.75 Å². The highest BCUT2D eigenvalue weighted by molar-refractivity contribution is 5.31. The molecule has 0 spiro atoms. The second-order valence-electron chi connectivity index (χ2n) is 2.65. The summed E-state index contributed by atoms with van der Waals surface area (Å²) in [4.78, 5) is 0. The Hall–Kier alpha value is -1.16. The average molecular weight is 187 g/mol. The molecule has 0 atom stereocenters. The molecule has 2 N–H and O–H groups in total. The molecule has 4 heteroatoms. The van der Waals surface area contributed by atoms with E-state index in [1.807, 2.05) is 0 Å². The summed E-state index contributed by atoms with van der Waals surface area (Å²) >= 11 is 0. The quantitative estimate of drug-likeness (QED) is 0.752. The Bertz CT molecular complexity index is 266. The van der Waals surface area contributed by atoms with Crippen LogP contribution in [0.1, 0.15) is 5.56 Å². The molecule has 0 saturated carbocycles. The standard InChI is InChI=1S/C9H11F2NO/c10-9(11)6-12-5-7-3-1-2-4-8(7)13/h1-4,9,12-13H,5-6H2. The van der Waals surface area contributed by atoms with Crippen LogP contribution in [0.2, 0.25) is 0 Å². The van der Waals surface area contributed by atoms with Crippen LogP contribution in [-0.4, -0.2) is 18.1 Å². The molecule has 2 nitrogen and oxygen atoms in total. The van der Waals surface area contributed by atoms with Crippen molar-refractivity contribution in [2.75, 3.05) is 6.54 Å². The van der Waals surface area contributed by atoms with Crippen molar-refractivity contribution in [2.45, 2.75) is 13.0 Å². The monoisotopic (exact) mass is 187 g/mol. The summed E-state index contributed by atoms with van der Waals surface area (Å²) in [5.41, 5.74) is 0.628. The molecule has 0 aromatic heterocycles. The molecular formula is C9H11F2NO. The summed E-state index contributed by atoms with van der Waals surface area (Å²) in [5.74, 6) is 0.129. The third-order valence-electron chi connectivity index (χ3n) is 1.61. The van der Waals surface area contributed by atoms with Crippen molar-refractivity contribution in [3.63, 3.8) is 0 Å². The van der Waals surface area contributed by atoms with Crippen molar-refractivity contribution < 1.29 is 13.9 Å². The van der Waals surface area contributed by atoms with E-state index in [0.29, 0.717) is 5.56 Å². The number of phenolic OH excluding ortho intramolecular Hbond substituents is 1. The summed E-state index contributed by atoms with van der Waals surface area (Å²) in [6.07, 6.45) is -2.36. The van der Waals surface area contributed by atoms with E-state index in [1.165, 1.54) is 6.07 Å². The number of aromatic hydroxyl groups is 1. The fourth-order valence-electron chi connectivity index (χ4n) is 0.976. The molecule has 0 fully saturated rings. The van der Waals surface area contributed by atoms with Crippen LogP contribution < -0.4 is 5.32 Å². The highest BCUT2D eigenvalue weighted by Gasteiger charge is 2.02.